The zero-order valence-electron chi connectivity index (χ0n) is 12.5. The highest BCUT2D eigenvalue weighted by atomic mass is 16.5. The maximum absolute atomic E-state index is 11.4. The van der Waals surface area contributed by atoms with E-state index >= 15 is 0 Å². The van der Waals surface area contributed by atoms with Crippen molar-refractivity contribution in [2.75, 3.05) is 25.6 Å². The first-order valence-electron chi connectivity index (χ1n) is 7.19. The predicted octanol–water partition coefficient (Wildman–Crippen LogP) is 0.189. The van der Waals surface area contributed by atoms with Crippen LogP contribution >= 0.6 is 0 Å². The smallest absolute Gasteiger partial charge is 0.296 e. The Morgan fingerprint density at radius 1 is 1.48 bits per heavy atom. The van der Waals surface area contributed by atoms with Crippen molar-refractivity contribution in [1.82, 2.24) is 29.3 Å². The van der Waals surface area contributed by atoms with Crippen molar-refractivity contribution in [1.29, 1.82) is 0 Å². The first-order valence-corrected chi connectivity index (χ1v) is 7.19. The molecule has 118 valence electrons. The topological polar surface area (TPSA) is 103 Å². The fourth-order valence-corrected chi connectivity index (χ4v) is 2.67. The van der Waals surface area contributed by atoms with E-state index in [0.717, 1.165) is 4.76 Å². The molecular formula is C13H15N8O2+. The molecule has 0 aromatic carbocycles. The molecule has 0 spiro atoms. The van der Waals surface area contributed by atoms with Gasteiger partial charge in [-0.15, -0.1) is 0 Å². The van der Waals surface area contributed by atoms with Crippen molar-refractivity contribution in [3.8, 4) is 5.95 Å². The van der Waals surface area contributed by atoms with Crippen molar-refractivity contribution in [3.63, 3.8) is 0 Å². The number of fused-ring (bicyclic) bond motifs is 1. The van der Waals surface area contributed by atoms with Gasteiger partial charge in [0.2, 0.25) is 12.5 Å². The summed E-state index contributed by atoms with van der Waals surface area (Å²) in [6.45, 7) is 0.873. The lowest BCUT2D eigenvalue weighted by atomic mass is 10.3. The van der Waals surface area contributed by atoms with Crippen molar-refractivity contribution in [3.05, 3.63) is 29.7 Å². The van der Waals surface area contributed by atoms with Gasteiger partial charge in [0.25, 0.3) is 6.73 Å². The summed E-state index contributed by atoms with van der Waals surface area (Å²) in [6, 6.07) is 1.82. The predicted molar refractivity (Wildman–Crippen MR) is 80.2 cm³/mol. The second kappa shape index (κ2) is 5.39. The first-order chi connectivity index (χ1) is 11.3. The summed E-state index contributed by atoms with van der Waals surface area (Å²) in [5, 5.41) is 7.25. The second-order valence-corrected chi connectivity index (χ2v) is 5.20. The number of nitroso groups, excluding NO2 is 1. The molecule has 0 saturated carbocycles. The monoisotopic (exact) mass is 315 g/mol. The van der Waals surface area contributed by atoms with Crippen LogP contribution in [0.3, 0.4) is 0 Å². The fraction of sp³-hybridized carbons (Fsp3) is 0.385. The normalized spacial score (nSPS) is 18.0. The molecule has 10 heteroatoms. The van der Waals surface area contributed by atoms with Crippen LogP contribution in [0.1, 0.15) is 0 Å². The zero-order valence-corrected chi connectivity index (χ0v) is 12.5. The van der Waals surface area contributed by atoms with Gasteiger partial charge in [-0.2, -0.15) is 5.10 Å². The average Bonchev–Trinajstić information content (AvgIpc) is 3.28. The molecule has 1 N–H and O–H groups in total. The molecule has 4 rings (SSSR count). The first kappa shape index (κ1) is 13.8. The largest absolute Gasteiger partial charge is 0.371 e. The minimum absolute atomic E-state index is 0.0884. The third-order valence-electron chi connectivity index (χ3n) is 3.71. The van der Waals surface area contributed by atoms with Gasteiger partial charge in [-0.3, -0.25) is 4.57 Å². The van der Waals surface area contributed by atoms with Crippen LogP contribution in [-0.2, 0) is 11.3 Å². The van der Waals surface area contributed by atoms with E-state index in [2.05, 4.69) is 25.4 Å². The quantitative estimate of drug-likeness (QED) is 0.685. The van der Waals surface area contributed by atoms with E-state index in [1.54, 1.807) is 24.1 Å². The van der Waals surface area contributed by atoms with Gasteiger partial charge in [-0.05, 0) is 6.07 Å². The number of ether oxygens (including phenoxy) is 1. The van der Waals surface area contributed by atoms with Crippen molar-refractivity contribution >= 4 is 17.0 Å². The summed E-state index contributed by atoms with van der Waals surface area (Å²) in [5.74, 6) is 1.25. The number of nitrogens with one attached hydrogen (secondary N) is 1. The molecule has 1 unspecified atom stereocenters. The zero-order chi connectivity index (χ0) is 15.8. The number of rotatable bonds is 4. The van der Waals surface area contributed by atoms with Gasteiger partial charge in [0, 0.05) is 29.1 Å². The van der Waals surface area contributed by atoms with Crippen LogP contribution in [0.15, 0.2) is 24.8 Å². The third kappa shape index (κ3) is 2.32. The highest BCUT2D eigenvalue weighted by Gasteiger charge is 2.31. The van der Waals surface area contributed by atoms with E-state index in [9.17, 15) is 4.91 Å². The van der Waals surface area contributed by atoms with Gasteiger partial charge in [0.05, 0.1) is 6.54 Å². The van der Waals surface area contributed by atoms with Crippen LogP contribution in [0.5, 0.6) is 0 Å². The second-order valence-electron chi connectivity index (χ2n) is 5.20. The van der Waals surface area contributed by atoms with Gasteiger partial charge < -0.3 is 10.1 Å². The lowest BCUT2D eigenvalue weighted by Crippen LogP contribution is -2.21. The van der Waals surface area contributed by atoms with Gasteiger partial charge in [0.1, 0.15) is 12.4 Å². The Morgan fingerprint density at radius 2 is 2.39 bits per heavy atom. The lowest BCUT2D eigenvalue weighted by Gasteiger charge is -2.10. The highest BCUT2D eigenvalue weighted by Crippen LogP contribution is 2.23. The Morgan fingerprint density at radius 3 is 3.09 bits per heavy atom. The van der Waals surface area contributed by atoms with Gasteiger partial charge >= 0.3 is 0 Å². The Balaban J connectivity index is 1.85. The van der Waals surface area contributed by atoms with Crippen LogP contribution in [0.4, 0.5) is 5.82 Å². The number of anilines is 1. The maximum Gasteiger partial charge on any atom is 0.296 e. The molecule has 10 nitrogen and oxygen atoms in total. The molecule has 1 atom stereocenters. The van der Waals surface area contributed by atoms with Crippen LogP contribution in [0.25, 0.3) is 17.1 Å². The Bertz CT molecular complexity index is 856. The summed E-state index contributed by atoms with van der Waals surface area (Å²) in [5.41, 5.74) is 1.32. The summed E-state index contributed by atoms with van der Waals surface area (Å²) in [4.78, 5) is 24.5. The van der Waals surface area contributed by atoms with Crippen LogP contribution < -0.4 is 5.32 Å². The molecule has 1 fully saturated rings. The minimum Gasteiger partial charge on any atom is -0.371 e. The molecule has 3 aromatic heterocycles. The third-order valence-corrected chi connectivity index (χ3v) is 3.71. The molecule has 0 bridgehead atoms. The van der Waals surface area contributed by atoms with Crippen molar-refractivity contribution < 1.29 is 9.50 Å². The Labute approximate surface area is 130 Å². The SMILES string of the molecule is CNc1ncnc2c1nc(-n1cccn1)n2CC1C[N+](=O)CO1. The van der Waals surface area contributed by atoms with Gasteiger partial charge in [0.15, 0.2) is 17.0 Å². The summed E-state index contributed by atoms with van der Waals surface area (Å²) in [7, 11) is 1.78. The highest BCUT2D eigenvalue weighted by molar-refractivity contribution is 5.84. The standard InChI is InChI=1S/C13H15N8O2/c1-14-11-10-12(16-7-15-11)20(6-9-5-19(22)8-23-9)13(18-10)21-4-2-3-17-21/h2-4,7,9H,5-6,8H2,1H3,(H,14,15,16)/q+1. The number of nitrogens with zero attached hydrogens (tertiary/aromatic N) is 7. The van der Waals surface area contributed by atoms with E-state index in [4.69, 9.17) is 4.74 Å². The number of aromatic nitrogens is 6. The molecule has 0 radical (unpaired) electrons. The Kier molecular flexibility index (Phi) is 3.23. The van der Waals surface area contributed by atoms with E-state index < -0.39 is 0 Å². The molecule has 0 aliphatic carbocycles. The number of hydrogen-bond acceptors (Lipinski definition) is 7. The average molecular weight is 315 g/mol. The molecule has 1 saturated heterocycles. The minimum atomic E-state index is -0.216. The molecule has 3 aromatic rings. The molecule has 23 heavy (non-hydrogen) atoms. The van der Waals surface area contributed by atoms with Crippen LogP contribution in [0.2, 0.25) is 0 Å². The summed E-state index contributed by atoms with van der Waals surface area (Å²) in [6.07, 6.45) is 4.75. The van der Waals surface area contributed by atoms with Gasteiger partial charge in [-0.25, -0.2) is 19.6 Å². The van der Waals surface area contributed by atoms with Gasteiger partial charge in [-0.1, -0.05) is 0 Å². The van der Waals surface area contributed by atoms with E-state index in [0.29, 0.717) is 36.0 Å². The Hall–Kier alpha value is -2.88. The molecular weight excluding hydrogens is 300 g/mol. The van der Waals surface area contributed by atoms with E-state index in [1.807, 2.05) is 10.6 Å². The fourth-order valence-electron chi connectivity index (χ4n) is 2.67. The van der Waals surface area contributed by atoms with Crippen LogP contribution in [0, 0.1) is 4.91 Å². The van der Waals surface area contributed by atoms with Crippen LogP contribution in [-0.4, -0.2) is 60.5 Å². The summed E-state index contributed by atoms with van der Waals surface area (Å²) >= 11 is 0. The molecule has 1 aliphatic heterocycles. The van der Waals surface area contributed by atoms with Crippen molar-refractivity contribution in [2.24, 2.45) is 0 Å². The lowest BCUT2D eigenvalue weighted by molar-refractivity contribution is -0.545. The van der Waals surface area contributed by atoms with E-state index in [1.165, 1.54) is 6.33 Å². The van der Waals surface area contributed by atoms with Crippen molar-refractivity contribution in [2.45, 2.75) is 12.6 Å². The summed E-state index contributed by atoms with van der Waals surface area (Å²) < 4.78 is 9.94. The number of hydrogen-bond donors (Lipinski definition) is 1. The maximum atomic E-state index is 11.4. The molecule has 4 heterocycles. The number of imidazole rings is 1. The molecule has 0 amide bonds. The molecule has 1 aliphatic rings. The van der Waals surface area contributed by atoms with E-state index in [-0.39, 0.29) is 12.8 Å².